The molecule has 0 saturated heterocycles. The zero-order valence-corrected chi connectivity index (χ0v) is 10.9. The second-order valence-corrected chi connectivity index (χ2v) is 4.35. The van der Waals surface area contributed by atoms with Crippen LogP contribution in [0, 0.1) is 5.92 Å². The van der Waals surface area contributed by atoms with Gasteiger partial charge in [0.25, 0.3) is 0 Å². The van der Waals surface area contributed by atoms with Gasteiger partial charge in [-0.25, -0.2) is 0 Å². The Bertz CT molecular complexity index is 357. The molecule has 0 fully saturated rings. The number of carbonyl (C=O) groups excluding carboxylic acids is 1. The van der Waals surface area contributed by atoms with Gasteiger partial charge in [-0.1, -0.05) is 20.8 Å². The van der Waals surface area contributed by atoms with Gasteiger partial charge in [0.05, 0.1) is 13.7 Å². The predicted octanol–water partition coefficient (Wildman–Crippen LogP) is 2.13. The van der Waals surface area contributed by atoms with Crippen molar-refractivity contribution in [3.63, 3.8) is 0 Å². The molecule has 96 valence electrons. The Morgan fingerprint density at radius 1 is 1.41 bits per heavy atom. The summed E-state index contributed by atoms with van der Waals surface area (Å²) in [6.07, 6.45) is 0.880. The van der Waals surface area contributed by atoms with Crippen LogP contribution in [0.25, 0.3) is 0 Å². The van der Waals surface area contributed by atoms with Gasteiger partial charge in [0, 0.05) is 6.42 Å². The smallest absolute Gasteiger partial charge is 0.323 e. The number of rotatable bonds is 6. The molecule has 0 unspecified atom stereocenters. The molecule has 4 nitrogen and oxygen atoms in total. The molecule has 0 radical (unpaired) electrons. The van der Waals surface area contributed by atoms with Gasteiger partial charge in [0.15, 0.2) is 0 Å². The van der Waals surface area contributed by atoms with Gasteiger partial charge in [-0.3, -0.25) is 10.1 Å². The van der Waals surface area contributed by atoms with Crippen molar-refractivity contribution in [2.45, 2.75) is 39.8 Å². The first-order valence-electron chi connectivity index (χ1n) is 5.97. The summed E-state index contributed by atoms with van der Waals surface area (Å²) in [7, 11) is 1.40. The van der Waals surface area contributed by atoms with E-state index in [-0.39, 0.29) is 17.9 Å². The molecule has 0 aliphatic carbocycles. The summed E-state index contributed by atoms with van der Waals surface area (Å²) in [6, 6.07) is 3.59. The minimum atomic E-state index is -0.296. The molecule has 1 atom stereocenters. The van der Waals surface area contributed by atoms with Crippen LogP contribution in [-0.4, -0.2) is 19.1 Å². The Balaban J connectivity index is 2.54. The van der Waals surface area contributed by atoms with Crippen molar-refractivity contribution in [3.05, 3.63) is 23.7 Å². The summed E-state index contributed by atoms with van der Waals surface area (Å²) in [4.78, 5) is 11.5. The average molecular weight is 239 g/mol. The van der Waals surface area contributed by atoms with Crippen molar-refractivity contribution in [2.75, 3.05) is 7.11 Å². The Morgan fingerprint density at radius 3 is 2.53 bits per heavy atom. The Hall–Kier alpha value is -1.29. The van der Waals surface area contributed by atoms with Crippen LogP contribution in [0.4, 0.5) is 0 Å². The zero-order chi connectivity index (χ0) is 12.8. The molecule has 0 aliphatic heterocycles. The average Bonchev–Trinajstić information content (AvgIpc) is 2.76. The molecule has 4 heteroatoms. The summed E-state index contributed by atoms with van der Waals surface area (Å²) in [5, 5.41) is 3.16. The minimum absolute atomic E-state index is 0.183. The molecule has 0 saturated carbocycles. The fraction of sp³-hybridized carbons (Fsp3) is 0.615. The monoisotopic (exact) mass is 239 g/mol. The van der Waals surface area contributed by atoms with Crippen molar-refractivity contribution in [2.24, 2.45) is 5.92 Å². The number of methoxy groups -OCH3 is 1. The van der Waals surface area contributed by atoms with Crippen LogP contribution in [-0.2, 0) is 22.5 Å². The third kappa shape index (κ3) is 3.89. The van der Waals surface area contributed by atoms with E-state index in [0.29, 0.717) is 6.54 Å². The standard InChI is InChI=1S/C13H21NO3/c1-5-10-6-7-11(17-10)8-14-12(9(2)3)13(15)16-4/h6-7,9,12,14H,5,8H2,1-4H3/t12-/m0/s1. The SMILES string of the molecule is CCc1ccc(CN[C@H](C(=O)OC)C(C)C)o1. The number of carbonyl (C=O) groups is 1. The normalized spacial score (nSPS) is 12.8. The van der Waals surface area contributed by atoms with E-state index in [1.54, 1.807) is 0 Å². The zero-order valence-electron chi connectivity index (χ0n) is 10.9. The maximum Gasteiger partial charge on any atom is 0.323 e. The van der Waals surface area contributed by atoms with E-state index in [0.717, 1.165) is 17.9 Å². The van der Waals surface area contributed by atoms with Crippen molar-refractivity contribution in [1.29, 1.82) is 0 Å². The van der Waals surface area contributed by atoms with Gasteiger partial charge in [-0.15, -0.1) is 0 Å². The fourth-order valence-electron chi connectivity index (χ4n) is 1.64. The first-order chi connectivity index (χ1) is 8.08. The van der Waals surface area contributed by atoms with E-state index < -0.39 is 0 Å². The predicted molar refractivity (Wildman–Crippen MR) is 65.6 cm³/mol. The van der Waals surface area contributed by atoms with Gasteiger partial charge in [0.1, 0.15) is 17.6 Å². The molecule has 1 N–H and O–H groups in total. The molecular formula is C13H21NO3. The minimum Gasteiger partial charge on any atom is -0.468 e. The molecule has 1 heterocycles. The van der Waals surface area contributed by atoms with Crippen molar-refractivity contribution < 1.29 is 13.9 Å². The van der Waals surface area contributed by atoms with Crippen molar-refractivity contribution >= 4 is 5.97 Å². The van der Waals surface area contributed by atoms with Gasteiger partial charge in [-0.05, 0) is 18.1 Å². The van der Waals surface area contributed by atoms with Gasteiger partial charge in [-0.2, -0.15) is 0 Å². The number of furan rings is 1. The Labute approximate surface area is 102 Å². The molecule has 0 spiro atoms. The molecule has 17 heavy (non-hydrogen) atoms. The van der Waals surface area contributed by atoms with E-state index in [1.165, 1.54) is 7.11 Å². The van der Waals surface area contributed by atoms with E-state index >= 15 is 0 Å². The highest BCUT2D eigenvalue weighted by Gasteiger charge is 2.22. The summed E-state index contributed by atoms with van der Waals surface area (Å²) < 4.78 is 10.3. The number of ether oxygens (including phenoxy) is 1. The number of esters is 1. The van der Waals surface area contributed by atoms with E-state index in [2.05, 4.69) is 5.32 Å². The largest absolute Gasteiger partial charge is 0.468 e. The topological polar surface area (TPSA) is 51.5 Å². The molecule has 0 aliphatic rings. The summed E-state index contributed by atoms with van der Waals surface area (Å²) in [6.45, 7) is 6.54. The highest BCUT2D eigenvalue weighted by molar-refractivity contribution is 5.75. The van der Waals surface area contributed by atoms with Crippen LogP contribution in [0.5, 0.6) is 0 Å². The molecule has 1 rings (SSSR count). The molecular weight excluding hydrogens is 218 g/mol. The number of aryl methyl sites for hydroxylation is 1. The highest BCUT2D eigenvalue weighted by Crippen LogP contribution is 2.10. The second kappa shape index (κ2) is 6.45. The van der Waals surface area contributed by atoms with E-state index in [1.807, 2.05) is 32.9 Å². The maximum absolute atomic E-state index is 11.5. The molecule has 1 aromatic heterocycles. The maximum atomic E-state index is 11.5. The second-order valence-electron chi connectivity index (χ2n) is 4.35. The molecule has 0 amide bonds. The molecule has 0 aromatic carbocycles. The third-order valence-corrected chi connectivity index (χ3v) is 2.68. The van der Waals surface area contributed by atoms with Crippen LogP contribution in [0.1, 0.15) is 32.3 Å². The van der Waals surface area contributed by atoms with Gasteiger partial charge < -0.3 is 9.15 Å². The summed E-state index contributed by atoms with van der Waals surface area (Å²) >= 11 is 0. The van der Waals surface area contributed by atoms with E-state index in [4.69, 9.17) is 9.15 Å². The van der Waals surface area contributed by atoms with Crippen LogP contribution in [0.3, 0.4) is 0 Å². The third-order valence-electron chi connectivity index (χ3n) is 2.68. The van der Waals surface area contributed by atoms with Gasteiger partial charge >= 0.3 is 5.97 Å². The number of hydrogen-bond donors (Lipinski definition) is 1. The lowest BCUT2D eigenvalue weighted by molar-refractivity contribution is -0.144. The number of hydrogen-bond acceptors (Lipinski definition) is 4. The van der Waals surface area contributed by atoms with Crippen molar-refractivity contribution in [1.82, 2.24) is 5.32 Å². The van der Waals surface area contributed by atoms with Crippen molar-refractivity contribution in [3.8, 4) is 0 Å². The van der Waals surface area contributed by atoms with Crippen LogP contribution < -0.4 is 5.32 Å². The number of nitrogens with one attached hydrogen (secondary N) is 1. The Kier molecular flexibility index (Phi) is 5.22. The molecule has 1 aromatic rings. The van der Waals surface area contributed by atoms with Crippen LogP contribution in [0.15, 0.2) is 16.5 Å². The Morgan fingerprint density at radius 2 is 2.06 bits per heavy atom. The first-order valence-corrected chi connectivity index (χ1v) is 5.97. The van der Waals surface area contributed by atoms with E-state index in [9.17, 15) is 4.79 Å². The lowest BCUT2D eigenvalue weighted by atomic mass is 10.0. The summed E-state index contributed by atoms with van der Waals surface area (Å²) in [5.41, 5.74) is 0. The quantitative estimate of drug-likeness (QED) is 0.773. The lowest BCUT2D eigenvalue weighted by Crippen LogP contribution is -2.41. The first kappa shape index (κ1) is 13.8. The van der Waals surface area contributed by atoms with Crippen LogP contribution in [0.2, 0.25) is 0 Å². The fourth-order valence-corrected chi connectivity index (χ4v) is 1.64. The summed E-state index contributed by atoms with van der Waals surface area (Å²) in [5.74, 6) is 1.75. The lowest BCUT2D eigenvalue weighted by Gasteiger charge is -2.19. The molecule has 0 bridgehead atoms. The van der Waals surface area contributed by atoms with Gasteiger partial charge in [0.2, 0.25) is 0 Å². The van der Waals surface area contributed by atoms with Crippen LogP contribution >= 0.6 is 0 Å². The highest BCUT2D eigenvalue weighted by atomic mass is 16.5.